The van der Waals surface area contributed by atoms with E-state index < -0.39 is 0 Å². The molecule has 0 aliphatic rings. The summed E-state index contributed by atoms with van der Waals surface area (Å²) in [6, 6.07) is 7.96. The second-order valence-corrected chi connectivity index (χ2v) is 6.99. The Morgan fingerprint density at radius 2 is 2.08 bits per heavy atom. The molecule has 1 aromatic carbocycles. The zero-order valence-electron chi connectivity index (χ0n) is 14.0. The van der Waals surface area contributed by atoms with Crippen molar-refractivity contribution in [1.29, 1.82) is 0 Å². The van der Waals surface area contributed by atoms with Gasteiger partial charge in [-0.15, -0.1) is 0 Å². The number of aromatic nitrogens is 2. The molecule has 0 atom stereocenters. The van der Waals surface area contributed by atoms with Crippen molar-refractivity contribution in [3.8, 4) is 11.3 Å². The van der Waals surface area contributed by atoms with Crippen molar-refractivity contribution >= 4 is 28.4 Å². The molecule has 0 saturated heterocycles. The van der Waals surface area contributed by atoms with Gasteiger partial charge < -0.3 is 0 Å². The molecule has 0 aliphatic heterocycles. The number of ether oxygens (including phenoxy) is 1. The summed E-state index contributed by atoms with van der Waals surface area (Å²) in [5.74, 6) is 0.0207. The van der Waals surface area contributed by atoms with Crippen molar-refractivity contribution < 1.29 is 9.84 Å². The Bertz CT molecular complexity index is 843. The number of aliphatic hydroxyl groups is 1. The topological polar surface area (TPSA) is 56.4 Å². The first-order valence-electron chi connectivity index (χ1n) is 7.71. The van der Waals surface area contributed by atoms with E-state index in [9.17, 15) is 4.79 Å². The van der Waals surface area contributed by atoms with E-state index in [0.29, 0.717) is 10.3 Å². The van der Waals surface area contributed by atoms with Gasteiger partial charge in [0.05, 0.1) is 0 Å². The fourth-order valence-electron chi connectivity index (χ4n) is 2.61. The van der Waals surface area contributed by atoms with Crippen LogP contribution in [0.5, 0.6) is 0 Å². The van der Waals surface area contributed by atoms with E-state index in [1.807, 2.05) is 45.0 Å². The summed E-state index contributed by atoms with van der Waals surface area (Å²) in [6.45, 7) is 6.29. The van der Waals surface area contributed by atoms with Gasteiger partial charge in [-0.2, -0.15) is 0 Å². The number of aryl methyl sites for hydroxylation is 1. The number of aliphatic hydroxyl groups excluding tert-OH is 1. The van der Waals surface area contributed by atoms with Crippen LogP contribution in [0.3, 0.4) is 0 Å². The van der Waals surface area contributed by atoms with Crippen LogP contribution in [-0.2, 0) is 11.5 Å². The summed E-state index contributed by atoms with van der Waals surface area (Å²) in [6.07, 6.45) is 0. The van der Waals surface area contributed by atoms with Crippen LogP contribution in [0.25, 0.3) is 11.3 Å². The Morgan fingerprint density at radius 3 is 2.67 bits per heavy atom. The summed E-state index contributed by atoms with van der Waals surface area (Å²) in [5, 5.41) is 8.96. The maximum atomic E-state index is 12.8. The van der Waals surface area contributed by atoms with Crippen LogP contribution in [0.1, 0.15) is 30.9 Å². The Kier molecular flexibility index (Phi) is 6.54. The second-order valence-electron chi connectivity index (χ2n) is 5.86. The van der Waals surface area contributed by atoms with Crippen LogP contribution < -0.4 is 5.56 Å². The first-order valence-corrected chi connectivity index (χ1v) is 8.88. The van der Waals surface area contributed by atoms with Gasteiger partial charge in [-0.05, 0) is 0 Å². The molecule has 0 bridgehead atoms. The summed E-state index contributed by atoms with van der Waals surface area (Å²) in [4.78, 5) is 12.8. The van der Waals surface area contributed by atoms with E-state index in [-0.39, 0.29) is 31.4 Å². The van der Waals surface area contributed by atoms with Crippen molar-refractivity contribution in [3.05, 3.63) is 50.5 Å². The molecule has 24 heavy (non-hydrogen) atoms. The molecule has 0 spiro atoms. The third-order valence-corrected chi connectivity index (χ3v) is 5.04. The first kappa shape index (κ1) is 19.1. The van der Waals surface area contributed by atoms with Gasteiger partial charge in [0, 0.05) is 0 Å². The van der Waals surface area contributed by atoms with E-state index in [1.54, 1.807) is 4.57 Å². The molecule has 7 heteroatoms. The second kappa shape index (κ2) is 8.23. The van der Waals surface area contributed by atoms with Gasteiger partial charge in [0.2, 0.25) is 0 Å². The van der Waals surface area contributed by atoms with Gasteiger partial charge >= 0.3 is 155 Å². The zero-order chi connectivity index (χ0) is 17.9. The van der Waals surface area contributed by atoms with E-state index >= 15 is 0 Å². The van der Waals surface area contributed by atoms with E-state index in [0.717, 1.165) is 16.8 Å². The van der Waals surface area contributed by atoms with Crippen LogP contribution in [0.15, 0.2) is 29.1 Å². The Morgan fingerprint density at radius 1 is 1.38 bits per heavy atom. The van der Waals surface area contributed by atoms with Crippen molar-refractivity contribution in [3.63, 3.8) is 0 Å². The zero-order valence-corrected chi connectivity index (χ0v) is 16.5. The molecular formula is C17H21N2O3SSe. The molecule has 5 nitrogen and oxygen atoms in total. The molecule has 129 valence electrons. The van der Waals surface area contributed by atoms with Crippen molar-refractivity contribution in [2.75, 3.05) is 13.2 Å². The predicted molar refractivity (Wildman–Crippen MR) is 98.0 cm³/mol. The van der Waals surface area contributed by atoms with E-state index in [2.05, 4.69) is 16.2 Å². The molecular weight excluding hydrogens is 391 g/mol. The van der Waals surface area contributed by atoms with Crippen LogP contribution in [-0.4, -0.2) is 42.7 Å². The minimum absolute atomic E-state index is 0.0207. The maximum absolute atomic E-state index is 12.8. The molecule has 0 fully saturated rings. The first-order chi connectivity index (χ1) is 11.4. The Labute approximate surface area is 154 Å². The summed E-state index contributed by atoms with van der Waals surface area (Å²) in [5.41, 5.74) is 3.34. The fourth-order valence-corrected chi connectivity index (χ4v) is 3.25. The third kappa shape index (κ3) is 3.87. The van der Waals surface area contributed by atoms with Crippen LogP contribution in [0.2, 0.25) is 0 Å². The number of benzene rings is 1. The van der Waals surface area contributed by atoms with Crippen molar-refractivity contribution in [2.45, 2.75) is 33.4 Å². The SMILES string of the molecule is Cc1cccc(-c2c(C(C)C)c(=O)n([Se])c(=S)n2COCCO)c1. The Balaban J connectivity index is 2.81. The third-order valence-electron chi connectivity index (χ3n) is 3.67. The molecule has 1 radical (unpaired) electrons. The normalized spacial score (nSPS) is 11.2. The number of nitrogens with zero attached hydrogens (tertiary/aromatic N) is 2. The number of rotatable bonds is 6. The molecule has 0 unspecified atom stereocenters. The summed E-state index contributed by atoms with van der Waals surface area (Å²) in [7, 11) is 0. The van der Waals surface area contributed by atoms with Crippen LogP contribution >= 0.6 is 12.2 Å². The van der Waals surface area contributed by atoms with Gasteiger partial charge in [0.25, 0.3) is 0 Å². The van der Waals surface area contributed by atoms with Gasteiger partial charge in [-0.25, -0.2) is 0 Å². The average molecular weight is 412 g/mol. The van der Waals surface area contributed by atoms with Gasteiger partial charge in [0.15, 0.2) is 0 Å². The fraction of sp³-hybridized carbons (Fsp3) is 0.412. The minimum atomic E-state index is -0.134. The molecule has 2 aromatic rings. The number of hydrogen-bond donors (Lipinski definition) is 1. The van der Waals surface area contributed by atoms with Crippen molar-refractivity contribution in [2.24, 2.45) is 0 Å². The molecule has 1 aromatic heterocycles. The van der Waals surface area contributed by atoms with E-state index in [1.165, 1.54) is 3.58 Å². The molecule has 1 N–H and O–H groups in total. The summed E-state index contributed by atoms with van der Waals surface area (Å²) < 4.78 is 8.99. The molecule has 0 aliphatic carbocycles. The monoisotopic (exact) mass is 413 g/mol. The van der Waals surface area contributed by atoms with Crippen LogP contribution in [0, 0.1) is 11.7 Å². The summed E-state index contributed by atoms with van der Waals surface area (Å²) >= 11 is 8.18. The average Bonchev–Trinajstić information content (AvgIpc) is 2.54. The Hall–Kier alpha value is -1.24. The van der Waals surface area contributed by atoms with Gasteiger partial charge in [-0.1, -0.05) is 0 Å². The van der Waals surface area contributed by atoms with Crippen molar-refractivity contribution in [1.82, 2.24) is 8.15 Å². The quantitative estimate of drug-likeness (QED) is 0.450. The molecule has 2 rings (SSSR count). The van der Waals surface area contributed by atoms with Gasteiger partial charge in [-0.3, -0.25) is 0 Å². The van der Waals surface area contributed by atoms with Crippen LogP contribution in [0.4, 0.5) is 0 Å². The predicted octanol–water partition coefficient (Wildman–Crippen LogP) is 2.38. The number of hydrogen-bond acceptors (Lipinski definition) is 4. The standard InChI is InChI=1S/C17H21N2O3SSe/c1-11(2)14-15(13-6-4-5-12(3)9-13)18(10-22-8-7-20)17(23)19(24)16(14)21/h4-6,9,11,20H,7-8,10H2,1-3H3. The molecule has 0 saturated carbocycles. The van der Waals surface area contributed by atoms with E-state index in [4.69, 9.17) is 22.1 Å². The molecule has 1 heterocycles. The van der Waals surface area contributed by atoms with Gasteiger partial charge in [0.1, 0.15) is 0 Å². The molecule has 0 amide bonds.